The molecule has 3 atom stereocenters. The number of carbonyl (C=O) groups is 1. The summed E-state index contributed by atoms with van der Waals surface area (Å²) in [5.74, 6) is -0.00930. The molecule has 3 aliphatic heterocycles. The first-order chi connectivity index (χ1) is 13.9. The van der Waals surface area contributed by atoms with Crippen molar-refractivity contribution in [2.45, 2.75) is 45.8 Å². The van der Waals surface area contributed by atoms with Crippen LogP contribution in [0.25, 0.3) is 0 Å². The first-order valence-corrected chi connectivity index (χ1v) is 10.5. The quantitative estimate of drug-likeness (QED) is 0.681. The van der Waals surface area contributed by atoms with Crippen molar-refractivity contribution in [3.8, 4) is 6.07 Å². The molecule has 4 heteroatoms. The van der Waals surface area contributed by atoms with Crippen LogP contribution in [0.4, 0.5) is 0 Å². The van der Waals surface area contributed by atoms with Gasteiger partial charge in [0.2, 0.25) is 5.91 Å². The molecule has 2 aromatic rings. The number of nitrogens with zero attached hydrogens (tertiary/aromatic N) is 3. The second kappa shape index (κ2) is 6.18. The monoisotopic (exact) mass is 385 g/mol. The van der Waals surface area contributed by atoms with Crippen molar-refractivity contribution in [1.29, 1.82) is 5.26 Å². The van der Waals surface area contributed by atoms with E-state index in [1.807, 2.05) is 31.7 Å². The normalized spacial score (nSPS) is 28.6. The molecule has 1 saturated heterocycles. The lowest BCUT2D eigenvalue weighted by Gasteiger charge is -2.60. The van der Waals surface area contributed by atoms with Crippen LogP contribution < -0.4 is 0 Å². The molecule has 0 radical (unpaired) electrons. The van der Waals surface area contributed by atoms with Gasteiger partial charge in [-0.15, -0.1) is 0 Å². The zero-order chi connectivity index (χ0) is 20.4. The number of nitriles is 1. The molecule has 0 aromatic heterocycles. The molecule has 1 fully saturated rings. The third kappa shape index (κ3) is 2.31. The van der Waals surface area contributed by atoms with Gasteiger partial charge in [-0.05, 0) is 40.5 Å². The fourth-order valence-electron chi connectivity index (χ4n) is 5.80. The SMILES string of the molecule is CC(C)(C)C1(C#N)C(=O)N2CCc3ccccc3C2N2CCc3ccccc3C21. The van der Waals surface area contributed by atoms with E-state index < -0.39 is 10.8 Å². The predicted molar refractivity (Wildman–Crippen MR) is 112 cm³/mol. The van der Waals surface area contributed by atoms with Gasteiger partial charge < -0.3 is 4.90 Å². The molecule has 0 aliphatic carbocycles. The Kier molecular flexibility index (Phi) is 3.92. The van der Waals surface area contributed by atoms with Gasteiger partial charge in [-0.3, -0.25) is 9.69 Å². The van der Waals surface area contributed by atoms with Gasteiger partial charge in [0.15, 0.2) is 5.41 Å². The summed E-state index contributed by atoms with van der Waals surface area (Å²) in [4.78, 5) is 18.5. The summed E-state index contributed by atoms with van der Waals surface area (Å²) in [6.45, 7) is 7.65. The Morgan fingerprint density at radius 2 is 1.55 bits per heavy atom. The van der Waals surface area contributed by atoms with Crippen LogP contribution >= 0.6 is 0 Å². The molecule has 3 heterocycles. The maximum atomic E-state index is 14.1. The zero-order valence-electron chi connectivity index (χ0n) is 17.4. The lowest BCUT2D eigenvalue weighted by atomic mass is 9.57. The summed E-state index contributed by atoms with van der Waals surface area (Å²) in [6, 6.07) is 19.2. The maximum Gasteiger partial charge on any atom is 0.247 e. The van der Waals surface area contributed by atoms with Crippen LogP contribution in [0.3, 0.4) is 0 Å². The van der Waals surface area contributed by atoms with E-state index in [1.165, 1.54) is 16.7 Å². The third-order valence-electron chi connectivity index (χ3n) is 7.25. The summed E-state index contributed by atoms with van der Waals surface area (Å²) in [5.41, 5.74) is 3.34. The van der Waals surface area contributed by atoms with Gasteiger partial charge in [0.25, 0.3) is 0 Å². The van der Waals surface area contributed by atoms with E-state index in [4.69, 9.17) is 0 Å². The Bertz CT molecular complexity index is 1030. The minimum Gasteiger partial charge on any atom is -0.321 e. The molecule has 29 heavy (non-hydrogen) atoms. The second-order valence-corrected chi connectivity index (χ2v) is 9.58. The van der Waals surface area contributed by atoms with Crippen LogP contribution in [0.2, 0.25) is 0 Å². The highest BCUT2D eigenvalue weighted by molar-refractivity contribution is 5.89. The molecule has 0 bridgehead atoms. The smallest absolute Gasteiger partial charge is 0.247 e. The van der Waals surface area contributed by atoms with Crippen molar-refractivity contribution in [1.82, 2.24) is 9.80 Å². The van der Waals surface area contributed by atoms with Crippen LogP contribution in [0.15, 0.2) is 48.5 Å². The predicted octanol–water partition coefficient (Wildman–Crippen LogP) is 4.24. The number of benzene rings is 2. The van der Waals surface area contributed by atoms with E-state index in [1.54, 1.807) is 0 Å². The zero-order valence-corrected chi connectivity index (χ0v) is 17.4. The van der Waals surface area contributed by atoms with Gasteiger partial charge in [0.05, 0.1) is 12.1 Å². The first-order valence-electron chi connectivity index (χ1n) is 10.5. The first kappa shape index (κ1) is 18.4. The topological polar surface area (TPSA) is 47.3 Å². The van der Waals surface area contributed by atoms with Crippen LogP contribution in [-0.2, 0) is 17.6 Å². The highest BCUT2D eigenvalue weighted by Crippen LogP contribution is 2.59. The lowest BCUT2D eigenvalue weighted by Crippen LogP contribution is -2.67. The number of hydrogen-bond acceptors (Lipinski definition) is 3. The van der Waals surface area contributed by atoms with Crippen molar-refractivity contribution in [2.24, 2.45) is 10.8 Å². The fraction of sp³-hybridized carbons (Fsp3) is 0.440. The van der Waals surface area contributed by atoms with E-state index in [-0.39, 0.29) is 18.1 Å². The van der Waals surface area contributed by atoms with Gasteiger partial charge in [0, 0.05) is 13.1 Å². The van der Waals surface area contributed by atoms with E-state index in [0.717, 1.165) is 24.9 Å². The van der Waals surface area contributed by atoms with Gasteiger partial charge in [0.1, 0.15) is 6.17 Å². The summed E-state index contributed by atoms with van der Waals surface area (Å²) in [7, 11) is 0. The average Bonchev–Trinajstić information content (AvgIpc) is 2.72. The molecular formula is C25H27N3O. The van der Waals surface area contributed by atoms with Gasteiger partial charge in [-0.2, -0.15) is 5.26 Å². The average molecular weight is 386 g/mol. The maximum absolute atomic E-state index is 14.1. The number of rotatable bonds is 0. The molecule has 0 N–H and O–H groups in total. The van der Waals surface area contributed by atoms with Crippen molar-refractivity contribution >= 4 is 5.91 Å². The van der Waals surface area contributed by atoms with E-state index in [9.17, 15) is 10.1 Å². The molecule has 0 saturated carbocycles. The van der Waals surface area contributed by atoms with E-state index >= 15 is 0 Å². The number of hydrogen-bond donors (Lipinski definition) is 0. The Morgan fingerprint density at radius 3 is 2.21 bits per heavy atom. The highest BCUT2D eigenvalue weighted by Gasteiger charge is 2.65. The van der Waals surface area contributed by atoms with Gasteiger partial charge in [-0.25, -0.2) is 0 Å². The summed E-state index contributed by atoms with van der Waals surface area (Å²) in [6.07, 6.45) is 1.70. The lowest BCUT2D eigenvalue weighted by molar-refractivity contribution is -0.181. The molecule has 3 aliphatic rings. The van der Waals surface area contributed by atoms with Crippen molar-refractivity contribution in [3.63, 3.8) is 0 Å². The van der Waals surface area contributed by atoms with Crippen molar-refractivity contribution < 1.29 is 4.79 Å². The standard InChI is InChI=1S/C25H27N3O/c1-24(2,3)25(16-26)21-19-10-6-4-8-17(19)12-14-27(21)22-20-11-7-5-9-18(20)13-15-28(22)23(25)29/h4-11,21-22H,12-15H2,1-3H3. The minimum atomic E-state index is -1.12. The number of fused-ring (bicyclic) bond motifs is 7. The van der Waals surface area contributed by atoms with Crippen LogP contribution in [-0.4, -0.2) is 28.8 Å². The molecule has 0 spiro atoms. The van der Waals surface area contributed by atoms with Crippen molar-refractivity contribution in [3.05, 3.63) is 70.8 Å². The summed E-state index contributed by atoms with van der Waals surface area (Å²) < 4.78 is 0. The molecule has 1 amide bonds. The second-order valence-electron chi connectivity index (χ2n) is 9.58. The van der Waals surface area contributed by atoms with E-state index in [0.29, 0.717) is 6.54 Å². The van der Waals surface area contributed by atoms with Crippen LogP contribution in [0, 0.1) is 22.2 Å². The fourth-order valence-corrected chi connectivity index (χ4v) is 5.80. The minimum absolute atomic E-state index is 0.00930. The summed E-state index contributed by atoms with van der Waals surface area (Å²) >= 11 is 0. The third-order valence-corrected chi connectivity index (χ3v) is 7.25. The summed E-state index contributed by atoms with van der Waals surface area (Å²) in [5, 5.41) is 10.6. The van der Waals surface area contributed by atoms with Crippen LogP contribution in [0.5, 0.6) is 0 Å². The Labute approximate surface area is 172 Å². The molecule has 3 unspecified atom stereocenters. The molecule has 5 rings (SSSR count). The van der Waals surface area contributed by atoms with E-state index in [2.05, 4.69) is 53.4 Å². The largest absolute Gasteiger partial charge is 0.321 e. The Hall–Kier alpha value is -2.64. The molecule has 4 nitrogen and oxygen atoms in total. The number of carbonyl (C=O) groups excluding carboxylic acids is 1. The highest BCUT2D eigenvalue weighted by atomic mass is 16.2. The molecule has 148 valence electrons. The van der Waals surface area contributed by atoms with Crippen LogP contribution in [0.1, 0.15) is 55.2 Å². The molecular weight excluding hydrogens is 358 g/mol. The van der Waals surface area contributed by atoms with Crippen molar-refractivity contribution in [2.75, 3.05) is 13.1 Å². The van der Waals surface area contributed by atoms with Gasteiger partial charge in [-0.1, -0.05) is 69.3 Å². The Balaban J connectivity index is 1.79. The molecule has 2 aromatic carbocycles. The number of amides is 1. The Morgan fingerprint density at radius 1 is 0.966 bits per heavy atom. The van der Waals surface area contributed by atoms with Gasteiger partial charge >= 0.3 is 0 Å².